The number of hydrogen-bond donors (Lipinski definition) is 2. The minimum absolute atomic E-state index is 0.0159. The minimum Gasteiger partial charge on any atom is -0.490 e. The fourth-order valence-electron chi connectivity index (χ4n) is 2.69. The second kappa shape index (κ2) is 12.0. The molecule has 0 aliphatic carbocycles. The second-order valence-corrected chi connectivity index (χ2v) is 6.69. The summed E-state index contributed by atoms with van der Waals surface area (Å²) in [4.78, 5) is 46.7. The molecule has 11 heteroatoms. The number of ether oxygens (including phenoxy) is 3. The molecule has 0 aromatic heterocycles. The average molecular weight is 459 g/mol. The molecule has 1 atom stereocenters. The van der Waals surface area contributed by atoms with Gasteiger partial charge >= 0.3 is 5.97 Å². The smallest absolute Gasteiger partial charge is 0.328 e. The number of nitrogens with zero attached hydrogens (tertiary/aromatic N) is 1. The first-order valence-corrected chi connectivity index (χ1v) is 10.2. The molecule has 1 unspecified atom stereocenters. The van der Waals surface area contributed by atoms with Crippen molar-refractivity contribution in [3.05, 3.63) is 58.1 Å². The highest BCUT2D eigenvalue weighted by atomic mass is 16.6. The van der Waals surface area contributed by atoms with Crippen molar-refractivity contribution in [3.63, 3.8) is 0 Å². The average Bonchev–Trinajstić information content (AvgIpc) is 2.79. The molecule has 0 bridgehead atoms. The van der Waals surface area contributed by atoms with E-state index >= 15 is 0 Å². The molecule has 11 nitrogen and oxygen atoms in total. The summed E-state index contributed by atoms with van der Waals surface area (Å²) in [7, 11) is 0. The molecule has 2 aromatic carbocycles. The molecule has 0 saturated heterocycles. The lowest BCUT2D eigenvalue weighted by molar-refractivity contribution is -0.384. The lowest BCUT2D eigenvalue weighted by Gasteiger charge is -2.14. The number of anilines is 1. The van der Waals surface area contributed by atoms with Crippen LogP contribution in [0.4, 0.5) is 11.4 Å². The first kappa shape index (κ1) is 25.1. The maximum atomic E-state index is 12.2. The van der Waals surface area contributed by atoms with Gasteiger partial charge in [0.2, 0.25) is 0 Å². The van der Waals surface area contributed by atoms with Crippen LogP contribution in [0.5, 0.6) is 11.5 Å². The molecule has 2 aromatic rings. The Bertz CT molecular complexity index is 1020. The van der Waals surface area contributed by atoms with Gasteiger partial charge in [-0.3, -0.25) is 19.7 Å². The molecule has 0 aliphatic rings. The van der Waals surface area contributed by atoms with Crippen LogP contribution in [0.2, 0.25) is 0 Å². The van der Waals surface area contributed by atoms with Crippen LogP contribution in [0.1, 0.15) is 31.1 Å². The number of nitrogens with one attached hydrogen (secondary N) is 2. The van der Waals surface area contributed by atoms with Gasteiger partial charge in [0.15, 0.2) is 18.1 Å². The second-order valence-electron chi connectivity index (χ2n) is 6.69. The zero-order valence-corrected chi connectivity index (χ0v) is 18.5. The molecular weight excluding hydrogens is 434 g/mol. The van der Waals surface area contributed by atoms with Crippen molar-refractivity contribution in [1.29, 1.82) is 0 Å². The summed E-state index contributed by atoms with van der Waals surface area (Å²) in [6.07, 6.45) is 0. The van der Waals surface area contributed by atoms with Gasteiger partial charge in [-0.1, -0.05) is 6.07 Å². The largest absolute Gasteiger partial charge is 0.490 e. The number of non-ortho nitro benzene ring substituents is 1. The number of esters is 1. The number of benzene rings is 2. The summed E-state index contributed by atoms with van der Waals surface area (Å²) < 4.78 is 15.9. The Labute approximate surface area is 190 Å². The van der Waals surface area contributed by atoms with Gasteiger partial charge in [-0.2, -0.15) is 0 Å². The van der Waals surface area contributed by atoms with E-state index in [4.69, 9.17) is 14.2 Å². The van der Waals surface area contributed by atoms with E-state index in [0.29, 0.717) is 30.4 Å². The van der Waals surface area contributed by atoms with Crippen LogP contribution in [0.25, 0.3) is 0 Å². The van der Waals surface area contributed by atoms with Crippen LogP contribution < -0.4 is 20.1 Å². The predicted octanol–water partition coefficient (Wildman–Crippen LogP) is 2.69. The van der Waals surface area contributed by atoms with Crippen molar-refractivity contribution in [2.45, 2.75) is 26.8 Å². The standard InChI is InChI=1S/C22H25N3O8/c1-4-31-18-10-9-16(12-19(18)32-5-2)24-20(26)13-33-22(28)14(3)23-21(27)15-7-6-8-17(11-15)25(29)30/h6-12,14H,4-5,13H2,1-3H3,(H,23,27)(H,24,26). The number of rotatable bonds is 11. The Morgan fingerprint density at radius 3 is 2.39 bits per heavy atom. The summed E-state index contributed by atoms with van der Waals surface area (Å²) in [6.45, 7) is 5.32. The van der Waals surface area contributed by atoms with Gasteiger partial charge in [0.1, 0.15) is 6.04 Å². The SMILES string of the molecule is CCOc1ccc(NC(=O)COC(=O)C(C)NC(=O)c2cccc([N+](=O)[O-])c2)cc1OCC. The summed E-state index contributed by atoms with van der Waals surface area (Å²) in [5.41, 5.74) is 0.188. The summed E-state index contributed by atoms with van der Waals surface area (Å²) in [5.74, 6) is -1.12. The highest BCUT2D eigenvalue weighted by molar-refractivity contribution is 5.98. The maximum Gasteiger partial charge on any atom is 0.328 e. The maximum absolute atomic E-state index is 12.2. The summed E-state index contributed by atoms with van der Waals surface area (Å²) in [5, 5.41) is 15.8. The molecule has 176 valence electrons. The Balaban J connectivity index is 1.88. The van der Waals surface area contributed by atoms with Crippen LogP contribution in [0, 0.1) is 10.1 Å². The number of carbonyl (C=O) groups excluding carboxylic acids is 3. The molecule has 2 N–H and O–H groups in total. The van der Waals surface area contributed by atoms with Gasteiger partial charge in [-0.05, 0) is 39.0 Å². The Morgan fingerprint density at radius 1 is 1.03 bits per heavy atom. The molecule has 0 spiro atoms. The molecule has 33 heavy (non-hydrogen) atoms. The normalized spacial score (nSPS) is 11.1. The lowest BCUT2D eigenvalue weighted by atomic mass is 10.2. The third-order valence-electron chi connectivity index (χ3n) is 4.19. The van der Waals surface area contributed by atoms with Crippen molar-refractivity contribution in [3.8, 4) is 11.5 Å². The quantitative estimate of drug-likeness (QED) is 0.296. The van der Waals surface area contributed by atoms with E-state index in [0.717, 1.165) is 6.07 Å². The number of nitro groups is 1. The van der Waals surface area contributed by atoms with E-state index in [-0.39, 0.29) is 11.3 Å². The monoisotopic (exact) mass is 459 g/mol. The highest BCUT2D eigenvalue weighted by Gasteiger charge is 2.20. The number of carbonyl (C=O) groups is 3. The highest BCUT2D eigenvalue weighted by Crippen LogP contribution is 2.30. The van der Waals surface area contributed by atoms with Crippen LogP contribution in [-0.4, -0.2) is 48.6 Å². The van der Waals surface area contributed by atoms with Crippen molar-refractivity contribution < 1.29 is 33.5 Å². The molecule has 2 rings (SSSR count). The fourth-order valence-corrected chi connectivity index (χ4v) is 2.69. The molecule has 0 heterocycles. The van der Waals surface area contributed by atoms with Gasteiger partial charge in [-0.25, -0.2) is 4.79 Å². The first-order chi connectivity index (χ1) is 15.7. The van der Waals surface area contributed by atoms with Gasteiger partial charge < -0.3 is 24.8 Å². The third-order valence-corrected chi connectivity index (χ3v) is 4.19. The number of hydrogen-bond acceptors (Lipinski definition) is 8. The van der Waals surface area contributed by atoms with E-state index in [1.54, 1.807) is 18.2 Å². The predicted molar refractivity (Wildman–Crippen MR) is 118 cm³/mol. The molecule has 0 radical (unpaired) electrons. The lowest BCUT2D eigenvalue weighted by Crippen LogP contribution is -2.40. The first-order valence-electron chi connectivity index (χ1n) is 10.2. The Morgan fingerprint density at radius 2 is 1.73 bits per heavy atom. The topological polar surface area (TPSA) is 146 Å². The van der Waals surface area contributed by atoms with E-state index in [2.05, 4.69) is 10.6 Å². The van der Waals surface area contributed by atoms with Crippen molar-refractivity contribution >= 4 is 29.2 Å². The molecular formula is C22H25N3O8. The van der Waals surface area contributed by atoms with Crippen molar-refractivity contribution in [1.82, 2.24) is 5.32 Å². The summed E-state index contributed by atoms with van der Waals surface area (Å²) in [6, 6.07) is 8.86. The molecule has 0 fully saturated rings. The van der Waals surface area contributed by atoms with Gasteiger partial charge in [-0.15, -0.1) is 0 Å². The van der Waals surface area contributed by atoms with Crippen LogP contribution in [0.15, 0.2) is 42.5 Å². The van der Waals surface area contributed by atoms with E-state index in [1.807, 2.05) is 13.8 Å². The zero-order chi connectivity index (χ0) is 24.4. The van der Waals surface area contributed by atoms with Crippen LogP contribution in [-0.2, 0) is 14.3 Å². The fraction of sp³-hybridized carbons (Fsp3) is 0.318. The van der Waals surface area contributed by atoms with Crippen LogP contribution >= 0.6 is 0 Å². The molecule has 0 aliphatic heterocycles. The van der Waals surface area contributed by atoms with Gasteiger partial charge in [0, 0.05) is 29.4 Å². The molecule has 0 saturated carbocycles. The van der Waals surface area contributed by atoms with E-state index in [1.165, 1.54) is 25.1 Å². The zero-order valence-electron chi connectivity index (χ0n) is 18.5. The van der Waals surface area contributed by atoms with Crippen molar-refractivity contribution in [2.24, 2.45) is 0 Å². The number of amides is 2. The third kappa shape index (κ3) is 7.49. The van der Waals surface area contributed by atoms with Crippen molar-refractivity contribution in [2.75, 3.05) is 25.1 Å². The van der Waals surface area contributed by atoms with Crippen LogP contribution in [0.3, 0.4) is 0 Å². The van der Waals surface area contributed by atoms with E-state index < -0.39 is 35.4 Å². The minimum atomic E-state index is -1.08. The Hall–Kier alpha value is -4.15. The van der Waals surface area contributed by atoms with Gasteiger partial charge in [0.25, 0.3) is 17.5 Å². The van der Waals surface area contributed by atoms with E-state index in [9.17, 15) is 24.5 Å². The summed E-state index contributed by atoms with van der Waals surface area (Å²) >= 11 is 0. The molecule has 2 amide bonds. The Kier molecular flexibility index (Phi) is 9.16. The van der Waals surface area contributed by atoms with Gasteiger partial charge in [0.05, 0.1) is 18.1 Å². The number of nitro benzene ring substituents is 1.